The van der Waals surface area contributed by atoms with E-state index in [4.69, 9.17) is 5.73 Å². The van der Waals surface area contributed by atoms with Crippen molar-refractivity contribution in [1.29, 1.82) is 0 Å². The van der Waals surface area contributed by atoms with Crippen LogP contribution >= 0.6 is 0 Å². The fraction of sp³-hybridized carbons (Fsp3) is 0.462. The summed E-state index contributed by atoms with van der Waals surface area (Å²) >= 11 is 0. The van der Waals surface area contributed by atoms with Crippen LogP contribution in [0.2, 0.25) is 0 Å². The molecule has 0 atom stereocenters. The molecule has 1 amide bonds. The third-order valence-corrected chi connectivity index (χ3v) is 2.64. The third-order valence-electron chi connectivity index (χ3n) is 2.64. The zero-order valence-electron chi connectivity index (χ0n) is 10.7. The Bertz CT molecular complexity index is 444. The number of hydrogen-bond donors (Lipinski definition) is 2. The van der Waals surface area contributed by atoms with Gasteiger partial charge in [-0.15, -0.1) is 0 Å². The Balaban J connectivity index is 2.98. The minimum Gasteiger partial charge on any atom is -0.385 e. The number of alkyl halides is 3. The predicted octanol–water partition coefficient (Wildman–Crippen LogP) is 2.95. The van der Waals surface area contributed by atoms with Gasteiger partial charge in [0.2, 0.25) is 5.91 Å². The Morgan fingerprint density at radius 1 is 1.37 bits per heavy atom. The molecule has 1 aromatic rings. The van der Waals surface area contributed by atoms with E-state index in [1.54, 1.807) is 0 Å². The maximum Gasteiger partial charge on any atom is 0.416 e. The number of anilines is 1. The van der Waals surface area contributed by atoms with Gasteiger partial charge in [-0.2, -0.15) is 13.2 Å². The van der Waals surface area contributed by atoms with E-state index in [0.717, 1.165) is 18.6 Å². The minimum atomic E-state index is -4.37. The Morgan fingerprint density at radius 3 is 2.58 bits per heavy atom. The van der Waals surface area contributed by atoms with E-state index < -0.39 is 17.6 Å². The summed E-state index contributed by atoms with van der Waals surface area (Å²) in [5, 5.41) is 2.95. The Hall–Kier alpha value is -1.72. The SMILES string of the molecule is CCCNc1cc(C(F)(F)F)ccc1CCC(N)=O. The van der Waals surface area contributed by atoms with Gasteiger partial charge in [-0.25, -0.2) is 0 Å². The second-order valence-corrected chi connectivity index (χ2v) is 4.26. The molecular formula is C13H17F3N2O. The first-order chi connectivity index (χ1) is 8.84. The van der Waals surface area contributed by atoms with Crippen molar-refractivity contribution >= 4 is 11.6 Å². The molecule has 0 heterocycles. The number of amides is 1. The molecule has 0 aromatic heterocycles. The number of hydrogen-bond acceptors (Lipinski definition) is 2. The number of primary amides is 1. The third kappa shape index (κ3) is 4.81. The lowest BCUT2D eigenvalue weighted by Gasteiger charge is -2.14. The van der Waals surface area contributed by atoms with Crippen LogP contribution in [0.25, 0.3) is 0 Å². The molecule has 0 spiro atoms. The summed E-state index contributed by atoms with van der Waals surface area (Å²) < 4.78 is 37.9. The van der Waals surface area contributed by atoms with Crippen LogP contribution in [0.1, 0.15) is 30.9 Å². The summed E-state index contributed by atoms with van der Waals surface area (Å²) in [6.45, 7) is 2.49. The van der Waals surface area contributed by atoms with Crippen molar-refractivity contribution in [3.05, 3.63) is 29.3 Å². The van der Waals surface area contributed by atoms with E-state index in [1.807, 2.05) is 6.92 Å². The summed E-state index contributed by atoms with van der Waals surface area (Å²) in [5.74, 6) is -0.471. The van der Waals surface area contributed by atoms with Crippen LogP contribution in [-0.2, 0) is 17.4 Å². The minimum absolute atomic E-state index is 0.117. The summed E-state index contributed by atoms with van der Waals surface area (Å²) in [7, 11) is 0. The van der Waals surface area contributed by atoms with Gasteiger partial charge >= 0.3 is 6.18 Å². The van der Waals surface area contributed by atoms with E-state index in [1.165, 1.54) is 6.07 Å². The second kappa shape index (κ2) is 6.45. The first-order valence-corrected chi connectivity index (χ1v) is 6.07. The van der Waals surface area contributed by atoms with E-state index in [0.29, 0.717) is 24.2 Å². The van der Waals surface area contributed by atoms with Crippen LogP contribution in [0, 0.1) is 0 Å². The summed E-state index contributed by atoms with van der Waals surface area (Å²) in [6.07, 6.45) is -3.12. The lowest BCUT2D eigenvalue weighted by atomic mass is 10.0. The van der Waals surface area contributed by atoms with E-state index in [-0.39, 0.29) is 6.42 Å². The molecule has 19 heavy (non-hydrogen) atoms. The van der Waals surface area contributed by atoms with E-state index in [2.05, 4.69) is 5.32 Å². The number of benzene rings is 1. The highest BCUT2D eigenvalue weighted by Crippen LogP contribution is 2.32. The zero-order valence-corrected chi connectivity index (χ0v) is 10.7. The Kier molecular flexibility index (Phi) is 5.20. The standard InChI is InChI=1S/C13H17F3N2O/c1-2-7-18-11-8-10(13(14,15)16)5-3-9(11)4-6-12(17)19/h3,5,8,18H,2,4,6-7H2,1H3,(H2,17,19). The largest absolute Gasteiger partial charge is 0.416 e. The number of carbonyl (C=O) groups is 1. The molecule has 3 nitrogen and oxygen atoms in total. The summed E-state index contributed by atoms with van der Waals surface area (Å²) in [4.78, 5) is 10.7. The van der Waals surface area contributed by atoms with Crippen LogP contribution in [0.5, 0.6) is 0 Å². The lowest BCUT2D eigenvalue weighted by molar-refractivity contribution is -0.137. The van der Waals surface area contributed by atoms with Crippen LogP contribution < -0.4 is 11.1 Å². The first-order valence-electron chi connectivity index (χ1n) is 6.07. The average molecular weight is 274 g/mol. The van der Waals surface area contributed by atoms with Gasteiger partial charge in [-0.3, -0.25) is 4.79 Å². The number of nitrogens with one attached hydrogen (secondary N) is 1. The fourth-order valence-electron chi connectivity index (χ4n) is 1.65. The maximum atomic E-state index is 12.6. The lowest BCUT2D eigenvalue weighted by Crippen LogP contribution is -2.13. The monoisotopic (exact) mass is 274 g/mol. The average Bonchev–Trinajstić information content (AvgIpc) is 2.32. The van der Waals surface area contributed by atoms with Crippen molar-refractivity contribution in [2.24, 2.45) is 5.73 Å². The Labute approximate surface area is 110 Å². The van der Waals surface area contributed by atoms with Gasteiger partial charge in [0, 0.05) is 18.7 Å². The maximum absolute atomic E-state index is 12.6. The van der Waals surface area contributed by atoms with Crippen molar-refractivity contribution < 1.29 is 18.0 Å². The molecule has 1 aromatic carbocycles. The quantitative estimate of drug-likeness (QED) is 0.838. The highest BCUT2D eigenvalue weighted by Gasteiger charge is 2.30. The van der Waals surface area contributed by atoms with Gasteiger partial charge in [-0.05, 0) is 30.5 Å². The highest BCUT2D eigenvalue weighted by atomic mass is 19.4. The Morgan fingerprint density at radius 2 is 2.05 bits per heavy atom. The van der Waals surface area contributed by atoms with Gasteiger partial charge in [0.1, 0.15) is 0 Å². The molecule has 6 heteroatoms. The molecule has 0 fully saturated rings. The van der Waals surface area contributed by atoms with Gasteiger partial charge in [0.05, 0.1) is 5.56 Å². The molecule has 0 aliphatic carbocycles. The molecule has 0 saturated carbocycles. The number of nitrogens with two attached hydrogens (primary N) is 1. The molecule has 106 valence electrons. The molecule has 0 aliphatic heterocycles. The summed E-state index contributed by atoms with van der Waals surface area (Å²) in [5.41, 5.74) is 5.43. The van der Waals surface area contributed by atoms with Crippen molar-refractivity contribution in [2.75, 3.05) is 11.9 Å². The number of aryl methyl sites for hydroxylation is 1. The van der Waals surface area contributed by atoms with Crippen molar-refractivity contribution in [3.8, 4) is 0 Å². The highest BCUT2D eigenvalue weighted by molar-refractivity contribution is 5.74. The first kappa shape index (κ1) is 15.3. The van der Waals surface area contributed by atoms with E-state index >= 15 is 0 Å². The van der Waals surface area contributed by atoms with Gasteiger partial charge < -0.3 is 11.1 Å². The van der Waals surface area contributed by atoms with Crippen LogP contribution in [-0.4, -0.2) is 12.5 Å². The molecule has 3 N–H and O–H groups in total. The summed E-state index contributed by atoms with van der Waals surface area (Å²) in [6, 6.07) is 3.49. The molecule has 1 rings (SSSR count). The zero-order chi connectivity index (χ0) is 14.5. The molecule has 0 unspecified atom stereocenters. The molecule has 0 aliphatic rings. The van der Waals surface area contributed by atoms with E-state index in [9.17, 15) is 18.0 Å². The molecular weight excluding hydrogens is 257 g/mol. The number of rotatable bonds is 6. The van der Waals surface area contributed by atoms with Crippen LogP contribution in [0.4, 0.5) is 18.9 Å². The topological polar surface area (TPSA) is 55.1 Å². The van der Waals surface area contributed by atoms with Crippen LogP contribution in [0.3, 0.4) is 0 Å². The normalized spacial score (nSPS) is 11.4. The smallest absolute Gasteiger partial charge is 0.385 e. The fourth-order valence-corrected chi connectivity index (χ4v) is 1.65. The van der Waals surface area contributed by atoms with Crippen molar-refractivity contribution in [1.82, 2.24) is 0 Å². The number of halogens is 3. The molecule has 0 radical (unpaired) electrons. The molecule has 0 bridgehead atoms. The van der Waals surface area contributed by atoms with Gasteiger partial charge in [0.25, 0.3) is 0 Å². The van der Waals surface area contributed by atoms with Gasteiger partial charge in [-0.1, -0.05) is 13.0 Å². The van der Waals surface area contributed by atoms with Crippen molar-refractivity contribution in [3.63, 3.8) is 0 Å². The van der Waals surface area contributed by atoms with Crippen molar-refractivity contribution in [2.45, 2.75) is 32.4 Å². The van der Waals surface area contributed by atoms with Crippen LogP contribution in [0.15, 0.2) is 18.2 Å². The predicted molar refractivity (Wildman–Crippen MR) is 67.7 cm³/mol. The molecule has 0 saturated heterocycles. The van der Waals surface area contributed by atoms with Gasteiger partial charge in [0.15, 0.2) is 0 Å². The second-order valence-electron chi connectivity index (χ2n) is 4.26. The number of carbonyl (C=O) groups excluding carboxylic acids is 1.